The summed E-state index contributed by atoms with van der Waals surface area (Å²) >= 11 is 0. The highest BCUT2D eigenvalue weighted by atomic mass is 19.4. The lowest BCUT2D eigenvalue weighted by Crippen LogP contribution is -2.51. The van der Waals surface area contributed by atoms with E-state index in [9.17, 15) is 18.0 Å². The van der Waals surface area contributed by atoms with Crippen molar-refractivity contribution in [3.63, 3.8) is 0 Å². The molecule has 0 amide bonds. The van der Waals surface area contributed by atoms with Gasteiger partial charge in [0, 0.05) is 0 Å². The van der Waals surface area contributed by atoms with E-state index in [0.717, 1.165) is 6.92 Å². The van der Waals surface area contributed by atoms with Gasteiger partial charge in [-0.3, -0.25) is 0 Å². The SMILES string of the molecule is CC#C[C@@](O)(C(=O)OCC)C(F)(F)F. The van der Waals surface area contributed by atoms with Crippen molar-refractivity contribution < 1.29 is 27.8 Å². The second-order valence-electron chi connectivity index (χ2n) is 2.30. The number of alkyl halides is 3. The van der Waals surface area contributed by atoms with E-state index < -0.39 is 17.7 Å². The van der Waals surface area contributed by atoms with E-state index in [1.807, 2.05) is 5.92 Å². The maximum atomic E-state index is 12.2. The number of rotatable bonds is 2. The summed E-state index contributed by atoms with van der Waals surface area (Å²) < 4.78 is 40.7. The number of hydrogen-bond acceptors (Lipinski definition) is 3. The van der Waals surface area contributed by atoms with Crippen molar-refractivity contribution in [3.8, 4) is 11.8 Å². The van der Waals surface area contributed by atoms with Gasteiger partial charge in [0.1, 0.15) is 0 Å². The first-order valence-electron chi connectivity index (χ1n) is 3.69. The lowest BCUT2D eigenvalue weighted by molar-refractivity contribution is -0.242. The topological polar surface area (TPSA) is 46.5 Å². The quantitative estimate of drug-likeness (QED) is 0.543. The third kappa shape index (κ3) is 2.39. The van der Waals surface area contributed by atoms with E-state index in [4.69, 9.17) is 5.11 Å². The van der Waals surface area contributed by atoms with E-state index in [0.29, 0.717) is 0 Å². The zero-order valence-electron chi connectivity index (χ0n) is 7.60. The number of hydrogen-bond donors (Lipinski definition) is 1. The zero-order valence-corrected chi connectivity index (χ0v) is 7.60. The van der Waals surface area contributed by atoms with Crippen LogP contribution in [0.4, 0.5) is 13.2 Å². The molecule has 1 atom stereocenters. The lowest BCUT2D eigenvalue weighted by atomic mass is 10.1. The van der Waals surface area contributed by atoms with Gasteiger partial charge in [-0.1, -0.05) is 0 Å². The van der Waals surface area contributed by atoms with Gasteiger partial charge in [-0.25, -0.2) is 4.79 Å². The van der Waals surface area contributed by atoms with Crippen LogP contribution in [0.15, 0.2) is 0 Å². The molecule has 0 unspecified atom stereocenters. The Bertz CT molecular complexity index is 274. The molecule has 0 aromatic heterocycles. The van der Waals surface area contributed by atoms with Crippen LogP contribution in [0, 0.1) is 11.8 Å². The Morgan fingerprint density at radius 1 is 1.50 bits per heavy atom. The van der Waals surface area contributed by atoms with Crippen LogP contribution in [0.25, 0.3) is 0 Å². The number of halogens is 3. The van der Waals surface area contributed by atoms with E-state index in [1.54, 1.807) is 0 Å². The molecule has 0 fully saturated rings. The monoisotopic (exact) mass is 210 g/mol. The van der Waals surface area contributed by atoms with Crippen LogP contribution in [0.3, 0.4) is 0 Å². The van der Waals surface area contributed by atoms with E-state index in [1.165, 1.54) is 12.8 Å². The Hall–Kier alpha value is -1.22. The van der Waals surface area contributed by atoms with Gasteiger partial charge in [-0.05, 0) is 19.8 Å². The molecule has 0 aliphatic rings. The number of ether oxygens (including phenoxy) is 1. The molecule has 0 saturated carbocycles. The summed E-state index contributed by atoms with van der Waals surface area (Å²) in [6.07, 6.45) is -5.16. The fourth-order valence-electron chi connectivity index (χ4n) is 0.654. The summed E-state index contributed by atoms with van der Waals surface area (Å²) in [5, 5.41) is 8.97. The van der Waals surface area contributed by atoms with Crippen molar-refractivity contribution in [1.82, 2.24) is 0 Å². The summed E-state index contributed by atoms with van der Waals surface area (Å²) in [5.74, 6) is 1.42. The number of carbonyl (C=O) groups excluding carboxylic acids is 1. The highest BCUT2D eigenvalue weighted by molar-refractivity contribution is 5.84. The Kier molecular flexibility index (Phi) is 3.95. The van der Waals surface area contributed by atoms with Gasteiger partial charge in [-0.15, -0.1) is 5.92 Å². The van der Waals surface area contributed by atoms with Gasteiger partial charge in [0.2, 0.25) is 0 Å². The van der Waals surface area contributed by atoms with Crippen LogP contribution in [0.5, 0.6) is 0 Å². The third-order valence-corrected chi connectivity index (χ3v) is 1.29. The predicted octanol–water partition coefficient (Wildman–Crippen LogP) is 0.866. The fraction of sp³-hybridized carbons (Fsp3) is 0.625. The first-order valence-corrected chi connectivity index (χ1v) is 3.69. The van der Waals surface area contributed by atoms with Crippen molar-refractivity contribution in [2.45, 2.75) is 25.6 Å². The molecule has 0 heterocycles. The average molecular weight is 210 g/mol. The molecule has 3 nitrogen and oxygen atoms in total. The molecule has 0 spiro atoms. The van der Waals surface area contributed by atoms with Crippen molar-refractivity contribution >= 4 is 5.97 Å². The Morgan fingerprint density at radius 3 is 2.29 bits per heavy atom. The maximum absolute atomic E-state index is 12.2. The molecular formula is C8H9F3O3. The summed E-state index contributed by atoms with van der Waals surface area (Å²) in [5.41, 5.74) is -3.72. The van der Waals surface area contributed by atoms with E-state index >= 15 is 0 Å². The van der Waals surface area contributed by atoms with Crippen LogP contribution in [-0.4, -0.2) is 29.5 Å². The van der Waals surface area contributed by atoms with Crippen molar-refractivity contribution in [2.24, 2.45) is 0 Å². The molecule has 0 saturated heterocycles. The first-order chi connectivity index (χ1) is 6.29. The van der Waals surface area contributed by atoms with Crippen molar-refractivity contribution in [3.05, 3.63) is 0 Å². The number of aliphatic hydroxyl groups is 1. The van der Waals surface area contributed by atoms with Gasteiger partial charge in [0.15, 0.2) is 0 Å². The Labute approximate surface area is 78.9 Å². The van der Waals surface area contributed by atoms with Gasteiger partial charge in [0.05, 0.1) is 6.61 Å². The van der Waals surface area contributed by atoms with Gasteiger partial charge in [-0.2, -0.15) is 13.2 Å². The molecule has 0 radical (unpaired) electrons. The van der Waals surface area contributed by atoms with Crippen LogP contribution in [0.1, 0.15) is 13.8 Å². The summed E-state index contributed by atoms with van der Waals surface area (Å²) in [7, 11) is 0. The van der Waals surface area contributed by atoms with Crippen molar-refractivity contribution in [2.75, 3.05) is 6.61 Å². The Morgan fingerprint density at radius 2 is 2.00 bits per heavy atom. The third-order valence-electron chi connectivity index (χ3n) is 1.29. The predicted molar refractivity (Wildman–Crippen MR) is 41.1 cm³/mol. The first kappa shape index (κ1) is 12.8. The Balaban J connectivity index is 5.08. The summed E-state index contributed by atoms with van der Waals surface area (Å²) in [4.78, 5) is 10.8. The van der Waals surface area contributed by atoms with Gasteiger partial charge in [0.25, 0.3) is 0 Å². The molecule has 0 bridgehead atoms. The fourth-order valence-corrected chi connectivity index (χ4v) is 0.654. The van der Waals surface area contributed by atoms with Crippen molar-refractivity contribution in [1.29, 1.82) is 0 Å². The number of esters is 1. The molecule has 6 heteroatoms. The highest BCUT2D eigenvalue weighted by Gasteiger charge is 2.60. The lowest BCUT2D eigenvalue weighted by Gasteiger charge is -2.22. The second-order valence-corrected chi connectivity index (χ2v) is 2.30. The average Bonchev–Trinajstić information content (AvgIpc) is 2.03. The molecule has 0 aromatic carbocycles. The summed E-state index contributed by atoms with van der Waals surface area (Å²) in [6.45, 7) is 2.15. The zero-order chi connectivity index (χ0) is 11.4. The molecule has 0 aliphatic heterocycles. The van der Waals surface area contributed by atoms with Crippen LogP contribution >= 0.6 is 0 Å². The molecule has 14 heavy (non-hydrogen) atoms. The minimum atomic E-state index is -5.16. The van der Waals surface area contributed by atoms with Crippen LogP contribution in [0.2, 0.25) is 0 Å². The second kappa shape index (κ2) is 4.33. The molecule has 0 aromatic rings. The highest BCUT2D eigenvalue weighted by Crippen LogP contribution is 2.31. The molecule has 80 valence electrons. The molecule has 0 rings (SSSR count). The summed E-state index contributed by atoms with van der Waals surface area (Å²) in [6, 6.07) is 0. The van der Waals surface area contributed by atoms with Crippen LogP contribution in [-0.2, 0) is 9.53 Å². The molecule has 0 aliphatic carbocycles. The molecular weight excluding hydrogens is 201 g/mol. The normalized spacial score (nSPS) is 15.0. The van der Waals surface area contributed by atoms with E-state index in [-0.39, 0.29) is 6.61 Å². The van der Waals surface area contributed by atoms with Gasteiger partial charge < -0.3 is 9.84 Å². The molecule has 1 N–H and O–H groups in total. The standard InChI is InChI=1S/C8H9F3O3/c1-3-5-7(13,8(9,10)11)6(12)14-4-2/h13H,4H2,1-2H3/t7-/m1/s1. The maximum Gasteiger partial charge on any atom is 0.440 e. The minimum absolute atomic E-state index is 0.261. The van der Waals surface area contributed by atoms with Gasteiger partial charge >= 0.3 is 17.7 Å². The minimum Gasteiger partial charge on any atom is -0.463 e. The van der Waals surface area contributed by atoms with E-state index in [2.05, 4.69) is 4.74 Å². The largest absolute Gasteiger partial charge is 0.463 e. The van der Waals surface area contributed by atoms with Crippen LogP contribution < -0.4 is 0 Å². The number of carbonyl (C=O) groups is 1. The smallest absolute Gasteiger partial charge is 0.440 e.